The van der Waals surface area contributed by atoms with Gasteiger partial charge >= 0.3 is 0 Å². The van der Waals surface area contributed by atoms with Crippen LogP contribution in [0.4, 0.5) is 0 Å². The zero-order valence-corrected chi connectivity index (χ0v) is 9.47. The molecule has 0 amide bonds. The first-order chi connectivity index (χ1) is 6.88. The van der Waals surface area contributed by atoms with Crippen molar-refractivity contribution >= 4 is 0 Å². The Kier molecular flexibility index (Phi) is 3.82. The number of hydrogen-bond donors (Lipinski definition) is 1. The van der Waals surface area contributed by atoms with Crippen LogP contribution in [0.1, 0.15) is 44.9 Å². The Morgan fingerprint density at radius 3 is 2.29 bits per heavy atom. The Bertz CT molecular complexity index is 156. The molecular weight excluding hydrogens is 172 g/mol. The summed E-state index contributed by atoms with van der Waals surface area (Å²) in [6.45, 7) is 2.46. The molecule has 1 atom stereocenters. The molecule has 1 heterocycles. The second-order valence-corrected chi connectivity index (χ2v) is 4.94. The molecule has 2 rings (SSSR count). The summed E-state index contributed by atoms with van der Waals surface area (Å²) in [5.74, 6) is 0. The van der Waals surface area contributed by atoms with Crippen LogP contribution >= 0.6 is 0 Å². The minimum Gasteiger partial charge on any atom is -0.317 e. The fourth-order valence-electron chi connectivity index (χ4n) is 3.02. The third-order valence-corrected chi connectivity index (χ3v) is 4.02. The summed E-state index contributed by atoms with van der Waals surface area (Å²) >= 11 is 0. The maximum atomic E-state index is 3.50. The molecule has 2 nitrogen and oxygen atoms in total. The van der Waals surface area contributed by atoms with E-state index in [1.165, 1.54) is 58.0 Å². The van der Waals surface area contributed by atoms with E-state index in [0.29, 0.717) is 0 Å². The fraction of sp³-hybridized carbons (Fsp3) is 1.00. The van der Waals surface area contributed by atoms with E-state index in [1.54, 1.807) is 0 Å². The van der Waals surface area contributed by atoms with Crippen LogP contribution in [0, 0.1) is 0 Å². The molecule has 1 unspecified atom stereocenters. The maximum absolute atomic E-state index is 3.50. The summed E-state index contributed by atoms with van der Waals surface area (Å²) in [5.41, 5.74) is 0. The van der Waals surface area contributed by atoms with E-state index in [1.807, 2.05) is 0 Å². The van der Waals surface area contributed by atoms with Gasteiger partial charge in [-0.1, -0.05) is 12.8 Å². The third-order valence-electron chi connectivity index (χ3n) is 4.02. The van der Waals surface area contributed by atoms with Crippen molar-refractivity contribution in [3.63, 3.8) is 0 Å². The summed E-state index contributed by atoms with van der Waals surface area (Å²) in [7, 11) is 2.35. The molecule has 1 saturated heterocycles. The Hall–Kier alpha value is -0.0800. The maximum Gasteiger partial charge on any atom is 0.0108 e. The van der Waals surface area contributed by atoms with Crippen molar-refractivity contribution in [3.8, 4) is 0 Å². The first-order valence-electron chi connectivity index (χ1n) is 6.30. The van der Waals surface area contributed by atoms with Gasteiger partial charge in [-0.2, -0.15) is 0 Å². The van der Waals surface area contributed by atoms with Gasteiger partial charge < -0.3 is 10.2 Å². The topological polar surface area (TPSA) is 15.3 Å². The molecule has 2 aliphatic rings. The highest BCUT2D eigenvalue weighted by molar-refractivity contribution is 4.82. The van der Waals surface area contributed by atoms with Gasteiger partial charge in [0.1, 0.15) is 0 Å². The van der Waals surface area contributed by atoms with Gasteiger partial charge in [0.25, 0.3) is 0 Å². The van der Waals surface area contributed by atoms with Crippen molar-refractivity contribution in [1.82, 2.24) is 10.2 Å². The molecule has 2 fully saturated rings. The predicted octanol–water partition coefficient (Wildman–Crippen LogP) is 2.00. The third kappa shape index (κ3) is 2.48. The van der Waals surface area contributed by atoms with Gasteiger partial charge in [0.15, 0.2) is 0 Å². The van der Waals surface area contributed by atoms with Crippen LogP contribution in [0.3, 0.4) is 0 Å². The van der Waals surface area contributed by atoms with Gasteiger partial charge in [-0.05, 0) is 52.2 Å². The molecule has 14 heavy (non-hydrogen) atoms. The average molecular weight is 196 g/mol. The monoisotopic (exact) mass is 196 g/mol. The molecule has 0 aromatic heterocycles. The lowest BCUT2D eigenvalue weighted by molar-refractivity contribution is 0.162. The highest BCUT2D eigenvalue weighted by Gasteiger charge is 2.25. The van der Waals surface area contributed by atoms with E-state index in [2.05, 4.69) is 17.3 Å². The second kappa shape index (κ2) is 5.13. The molecule has 1 aliphatic heterocycles. The van der Waals surface area contributed by atoms with Gasteiger partial charge in [0, 0.05) is 12.1 Å². The Labute approximate surface area is 88.1 Å². The summed E-state index contributed by atoms with van der Waals surface area (Å²) in [6, 6.07) is 1.76. The van der Waals surface area contributed by atoms with Crippen LogP contribution < -0.4 is 5.32 Å². The van der Waals surface area contributed by atoms with Crippen LogP contribution in [0.5, 0.6) is 0 Å². The van der Waals surface area contributed by atoms with E-state index in [4.69, 9.17) is 0 Å². The summed E-state index contributed by atoms with van der Waals surface area (Å²) < 4.78 is 0. The van der Waals surface area contributed by atoms with E-state index in [-0.39, 0.29) is 0 Å². The molecule has 0 aromatic carbocycles. The molecule has 0 bridgehead atoms. The smallest absolute Gasteiger partial charge is 0.0108 e. The molecule has 82 valence electrons. The Balaban J connectivity index is 1.84. The second-order valence-electron chi connectivity index (χ2n) is 4.94. The van der Waals surface area contributed by atoms with Crippen molar-refractivity contribution in [2.45, 2.75) is 57.0 Å². The summed E-state index contributed by atoms with van der Waals surface area (Å²) in [6.07, 6.45) is 9.93. The zero-order valence-electron chi connectivity index (χ0n) is 9.47. The number of rotatable bonds is 2. The Morgan fingerprint density at radius 1 is 0.857 bits per heavy atom. The Morgan fingerprint density at radius 2 is 1.50 bits per heavy atom. The SMILES string of the molecule is CN(C1CCCC1)C1CCCNCC1. The van der Waals surface area contributed by atoms with Crippen molar-refractivity contribution < 1.29 is 0 Å². The molecule has 0 spiro atoms. The van der Waals surface area contributed by atoms with Crippen molar-refractivity contribution in [2.24, 2.45) is 0 Å². The quantitative estimate of drug-likeness (QED) is 0.727. The summed E-state index contributed by atoms with van der Waals surface area (Å²) in [4.78, 5) is 2.68. The minimum absolute atomic E-state index is 0.855. The predicted molar refractivity (Wildman–Crippen MR) is 60.5 cm³/mol. The van der Waals surface area contributed by atoms with Crippen LogP contribution in [-0.2, 0) is 0 Å². The number of nitrogens with zero attached hydrogens (tertiary/aromatic N) is 1. The van der Waals surface area contributed by atoms with Gasteiger partial charge in [-0.25, -0.2) is 0 Å². The zero-order chi connectivity index (χ0) is 9.80. The molecule has 0 aromatic rings. The molecule has 1 N–H and O–H groups in total. The number of hydrogen-bond acceptors (Lipinski definition) is 2. The van der Waals surface area contributed by atoms with Gasteiger partial charge in [0.2, 0.25) is 0 Å². The fourth-order valence-corrected chi connectivity index (χ4v) is 3.02. The molecule has 1 aliphatic carbocycles. The highest BCUT2D eigenvalue weighted by Crippen LogP contribution is 2.26. The lowest BCUT2D eigenvalue weighted by Gasteiger charge is -2.32. The minimum atomic E-state index is 0.855. The van der Waals surface area contributed by atoms with Crippen molar-refractivity contribution in [2.75, 3.05) is 20.1 Å². The normalized spacial score (nSPS) is 30.9. The van der Waals surface area contributed by atoms with Crippen molar-refractivity contribution in [3.05, 3.63) is 0 Å². The first-order valence-corrected chi connectivity index (χ1v) is 6.30. The lowest BCUT2D eigenvalue weighted by atomic mass is 10.1. The van der Waals surface area contributed by atoms with E-state index < -0.39 is 0 Å². The molecule has 1 saturated carbocycles. The van der Waals surface area contributed by atoms with Crippen LogP contribution in [0.25, 0.3) is 0 Å². The highest BCUT2D eigenvalue weighted by atomic mass is 15.2. The van der Waals surface area contributed by atoms with E-state index >= 15 is 0 Å². The largest absolute Gasteiger partial charge is 0.317 e. The van der Waals surface area contributed by atoms with Crippen LogP contribution in [0.2, 0.25) is 0 Å². The summed E-state index contributed by atoms with van der Waals surface area (Å²) in [5, 5.41) is 3.50. The molecular formula is C12H24N2. The lowest BCUT2D eigenvalue weighted by Crippen LogP contribution is -2.39. The van der Waals surface area contributed by atoms with Gasteiger partial charge in [-0.15, -0.1) is 0 Å². The average Bonchev–Trinajstić information content (AvgIpc) is 2.59. The van der Waals surface area contributed by atoms with Gasteiger partial charge in [0.05, 0.1) is 0 Å². The standard InChI is InChI=1S/C12H24N2/c1-14(11-5-2-3-6-11)12-7-4-9-13-10-8-12/h11-13H,2-10H2,1H3. The van der Waals surface area contributed by atoms with Gasteiger partial charge in [-0.3, -0.25) is 0 Å². The molecule has 0 radical (unpaired) electrons. The van der Waals surface area contributed by atoms with Crippen LogP contribution in [0.15, 0.2) is 0 Å². The number of nitrogens with one attached hydrogen (secondary N) is 1. The first kappa shape index (κ1) is 10.4. The molecule has 2 heteroatoms. The van der Waals surface area contributed by atoms with E-state index in [0.717, 1.165) is 12.1 Å². The van der Waals surface area contributed by atoms with E-state index in [9.17, 15) is 0 Å². The van der Waals surface area contributed by atoms with Crippen molar-refractivity contribution in [1.29, 1.82) is 0 Å². The van der Waals surface area contributed by atoms with Crippen LogP contribution in [-0.4, -0.2) is 37.1 Å².